The van der Waals surface area contributed by atoms with Crippen molar-refractivity contribution in [2.75, 3.05) is 11.9 Å². The molecule has 3 aromatic rings. The van der Waals surface area contributed by atoms with E-state index in [0.717, 1.165) is 10.2 Å². The van der Waals surface area contributed by atoms with Crippen molar-refractivity contribution >= 4 is 38.3 Å². The van der Waals surface area contributed by atoms with E-state index in [1.807, 2.05) is 12.1 Å². The number of nitro benzene ring substituents is 1. The summed E-state index contributed by atoms with van der Waals surface area (Å²) in [5.41, 5.74) is 2.57. The zero-order valence-electron chi connectivity index (χ0n) is 16.1. The number of nitrogens with zero attached hydrogens (tertiary/aromatic N) is 2. The number of aryl methyl sites for hydroxylation is 1. The molecule has 0 fully saturated rings. The number of nitro groups is 1. The minimum absolute atomic E-state index is 0.0147. The van der Waals surface area contributed by atoms with Crippen LogP contribution < -0.4 is 10.1 Å². The maximum atomic E-state index is 12.2. The molecule has 0 radical (unpaired) electrons. The molecule has 0 bridgehead atoms. The fraction of sp³-hybridized carbons (Fsp3) is 0.300. The average molecular weight is 399 g/mol. The quantitative estimate of drug-likeness (QED) is 0.490. The number of ether oxygens (including phenoxy) is 1. The van der Waals surface area contributed by atoms with Crippen molar-refractivity contribution in [2.45, 2.75) is 33.1 Å². The van der Waals surface area contributed by atoms with E-state index in [2.05, 4.69) is 37.1 Å². The van der Waals surface area contributed by atoms with Gasteiger partial charge in [0.25, 0.3) is 11.6 Å². The van der Waals surface area contributed by atoms with Gasteiger partial charge >= 0.3 is 0 Å². The van der Waals surface area contributed by atoms with Gasteiger partial charge in [-0.05, 0) is 42.2 Å². The molecule has 0 unspecified atom stereocenters. The van der Waals surface area contributed by atoms with Crippen LogP contribution in [0.4, 0.5) is 10.8 Å². The van der Waals surface area contributed by atoms with E-state index in [1.165, 1.54) is 35.1 Å². The lowest BCUT2D eigenvalue weighted by Crippen LogP contribution is -2.20. The number of hydrogen-bond donors (Lipinski definition) is 1. The van der Waals surface area contributed by atoms with Gasteiger partial charge < -0.3 is 4.74 Å². The second kappa shape index (κ2) is 7.55. The van der Waals surface area contributed by atoms with E-state index >= 15 is 0 Å². The molecule has 146 valence electrons. The van der Waals surface area contributed by atoms with Gasteiger partial charge in [-0.1, -0.05) is 38.2 Å². The van der Waals surface area contributed by atoms with Gasteiger partial charge in [-0.15, -0.1) is 0 Å². The first kappa shape index (κ1) is 19.8. The first-order chi connectivity index (χ1) is 13.1. The van der Waals surface area contributed by atoms with Crippen LogP contribution in [0.2, 0.25) is 0 Å². The van der Waals surface area contributed by atoms with Gasteiger partial charge in [-0.25, -0.2) is 4.98 Å². The summed E-state index contributed by atoms with van der Waals surface area (Å²) in [4.78, 5) is 27.0. The van der Waals surface area contributed by atoms with Gasteiger partial charge in [0.05, 0.1) is 15.1 Å². The number of amides is 1. The Labute approximate surface area is 166 Å². The third-order valence-corrected chi connectivity index (χ3v) is 5.17. The minimum atomic E-state index is -0.454. The summed E-state index contributed by atoms with van der Waals surface area (Å²) < 4.78 is 6.44. The molecule has 3 rings (SSSR count). The van der Waals surface area contributed by atoms with Crippen molar-refractivity contribution < 1.29 is 14.5 Å². The predicted molar refractivity (Wildman–Crippen MR) is 110 cm³/mol. The van der Waals surface area contributed by atoms with Crippen LogP contribution in [-0.2, 0) is 10.2 Å². The summed E-state index contributed by atoms with van der Waals surface area (Å²) in [6.07, 6.45) is 0. The summed E-state index contributed by atoms with van der Waals surface area (Å²) in [5.74, 6) is 0.0588. The maximum Gasteiger partial charge on any atom is 0.272 e. The number of carbonyl (C=O) groups is 1. The zero-order valence-corrected chi connectivity index (χ0v) is 16.9. The lowest BCUT2D eigenvalue weighted by molar-refractivity contribution is -0.385. The Morgan fingerprint density at radius 2 is 2.00 bits per heavy atom. The van der Waals surface area contributed by atoms with E-state index in [1.54, 1.807) is 6.92 Å². The van der Waals surface area contributed by atoms with Crippen molar-refractivity contribution in [3.8, 4) is 5.75 Å². The molecule has 1 aromatic heterocycles. The van der Waals surface area contributed by atoms with Crippen LogP contribution in [0.15, 0.2) is 36.4 Å². The smallest absolute Gasteiger partial charge is 0.272 e. The van der Waals surface area contributed by atoms with Crippen LogP contribution >= 0.6 is 11.3 Å². The highest BCUT2D eigenvalue weighted by atomic mass is 32.1. The van der Waals surface area contributed by atoms with Gasteiger partial charge in [0, 0.05) is 11.6 Å². The SMILES string of the molecule is Cc1cc(OCC(=O)Nc2nc3ccc(C(C)(C)C)cc3s2)ccc1[N+](=O)[O-]. The molecular formula is C20H21N3O4S. The normalized spacial score (nSPS) is 11.4. The Bertz CT molecular complexity index is 1050. The third kappa shape index (κ3) is 4.45. The molecule has 0 spiro atoms. The summed E-state index contributed by atoms with van der Waals surface area (Å²) in [5, 5.41) is 14.1. The first-order valence-electron chi connectivity index (χ1n) is 8.72. The standard InChI is InChI=1S/C20H21N3O4S/c1-12-9-14(6-8-16(12)23(25)26)27-11-18(24)22-19-21-15-7-5-13(20(2,3)4)10-17(15)28-19/h5-10H,11H2,1-4H3,(H,21,22,24). The lowest BCUT2D eigenvalue weighted by atomic mass is 9.87. The number of fused-ring (bicyclic) bond motifs is 1. The average Bonchev–Trinajstić information content (AvgIpc) is 3.00. The van der Waals surface area contributed by atoms with Crippen molar-refractivity contribution in [1.82, 2.24) is 4.98 Å². The molecule has 0 aliphatic heterocycles. The van der Waals surface area contributed by atoms with Crippen LogP contribution in [0.5, 0.6) is 5.75 Å². The highest BCUT2D eigenvalue weighted by molar-refractivity contribution is 7.22. The fourth-order valence-electron chi connectivity index (χ4n) is 2.67. The van der Waals surface area contributed by atoms with Crippen molar-refractivity contribution in [1.29, 1.82) is 0 Å². The second-order valence-electron chi connectivity index (χ2n) is 7.49. The van der Waals surface area contributed by atoms with Crippen molar-refractivity contribution in [2.24, 2.45) is 0 Å². The monoisotopic (exact) mass is 399 g/mol. The molecule has 8 heteroatoms. The fourth-order valence-corrected chi connectivity index (χ4v) is 3.59. The van der Waals surface area contributed by atoms with Gasteiger partial charge in [0.15, 0.2) is 11.7 Å². The number of hydrogen-bond acceptors (Lipinski definition) is 6. The largest absolute Gasteiger partial charge is 0.484 e. The number of aromatic nitrogens is 1. The molecule has 7 nitrogen and oxygen atoms in total. The topological polar surface area (TPSA) is 94.4 Å². The molecule has 1 N–H and O–H groups in total. The molecule has 28 heavy (non-hydrogen) atoms. The summed E-state index contributed by atoms with van der Waals surface area (Å²) in [6, 6.07) is 10.5. The van der Waals surface area contributed by atoms with Crippen LogP contribution in [0.25, 0.3) is 10.2 Å². The van der Waals surface area contributed by atoms with Crippen molar-refractivity contribution in [3.05, 3.63) is 57.6 Å². The number of thiazole rings is 1. The molecule has 0 saturated heterocycles. The molecular weight excluding hydrogens is 378 g/mol. The second-order valence-corrected chi connectivity index (χ2v) is 8.52. The van der Waals surface area contributed by atoms with Crippen molar-refractivity contribution in [3.63, 3.8) is 0 Å². The highest BCUT2D eigenvalue weighted by Crippen LogP contribution is 2.31. The molecule has 0 atom stereocenters. The van der Waals surface area contributed by atoms with Crippen LogP contribution in [0.1, 0.15) is 31.9 Å². The molecule has 0 aliphatic carbocycles. The van der Waals surface area contributed by atoms with E-state index in [0.29, 0.717) is 16.4 Å². The van der Waals surface area contributed by atoms with E-state index in [9.17, 15) is 14.9 Å². The Morgan fingerprint density at radius 3 is 2.64 bits per heavy atom. The Kier molecular flexibility index (Phi) is 5.33. The lowest BCUT2D eigenvalue weighted by Gasteiger charge is -2.18. The van der Waals surface area contributed by atoms with Crippen LogP contribution in [-0.4, -0.2) is 22.4 Å². The van der Waals surface area contributed by atoms with Crippen LogP contribution in [0.3, 0.4) is 0 Å². The molecule has 0 saturated carbocycles. The van der Waals surface area contributed by atoms with E-state index in [4.69, 9.17) is 4.74 Å². The van der Waals surface area contributed by atoms with Gasteiger partial charge in [0.1, 0.15) is 5.75 Å². The Morgan fingerprint density at radius 1 is 1.25 bits per heavy atom. The summed E-state index contributed by atoms with van der Waals surface area (Å²) >= 11 is 1.41. The molecule has 1 amide bonds. The van der Waals surface area contributed by atoms with Gasteiger partial charge in [-0.3, -0.25) is 20.2 Å². The first-order valence-corrected chi connectivity index (χ1v) is 9.54. The molecule has 2 aromatic carbocycles. The van der Waals surface area contributed by atoms with E-state index < -0.39 is 4.92 Å². The van der Waals surface area contributed by atoms with E-state index in [-0.39, 0.29) is 23.6 Å². The zero-order chi connectivity index (χ0) is 20.5. The highest BCUT2D eigenvalue weighted by Gasteiger charge is 2.16. The minimum Gasteiger partial charge on any atom is -0.484 e. The molecule has 1 heterocycles. The maximum absolute atomic E-state index is 12.2. The Balaban J connectivity index is 1.65. The van der Waals surface area contributed by atoms with Gasteiger partial charge in [0.2, 0.25) is 0 Å². The molecule has 0 aliphatic rings. The Hall–Kier alpha value is -3.00. The van der Waals surface area contributed by atoms with Gasteiger partial charge in [-0.2, -0.15) is 0 Å². The third-order valence-electron chi connectivity index (χ3n) is 4.24. The number of benzene rings is 2. The predicted octanol–water partition coefficient (Wildman–Crippen LogP) is 4.83. The summed E-state index contributed by atoms with van der Waals surface area (Å²) in [6.45, 7) is 7.86. The number of anilines is 1. The van der Waals surface area contributed by atoms with Crippen LogP contribution in [0, 0.1) is 17.0 Å². The summed E-state index contributed by atoms with van der Waals surface area (Å²) in [7, 11) is 0. The number of carbonyl (C=O) groups excluding carboxylic acids is 1. The number of nitrogens with one attached hydrogen (secondary N) is 1. The number of rotatable bonds is 5.